The molecule has 1 nitrogen and oxygen atoms in total. The third-order valence-electron chi connectivity index (χ3n) is 4.29. The van der Waals surface area contributed by atoms with Crippen LogP contribution in [0.2, 0.25) is 0 Å². The Labute approximate surface area is 106 Å². The summed E-state index contributed by atoms with van der Waals surface area (Å²) in [5, 5.41) is 0. The third kappa shape index (κ3) is 1.82. The molecule has 2 heteroatoms. The lowest BCUT2D eigenvalue weighted by Crippen LogP contribution is -2.30. The molecule has 2 aliphatic rings. The van der Waals surface area contributed by atoms with Crippen LogP contribution in [0, 0.1) is 5.92 Å². The fourth-order valence-corrected chi connectivity index (χ4v) is 3.52. The van der Waals surface area contributed by atoms with Crippen molar-refractivity contribution < 1.29 is 0 Å². The van der Waals surface area contributed by atoms with Gasteiger partial charge in [-0.25, -0.2) is 0 Å². The first-order valence-corrected chi connectivity index (χ1v) is 7.02. The zero-order valence-corrected chi connectivity index (χ0v) is 11.0. The molecule has 2 saturated carbocycles. The second kappa shape index (κ2) is 3.85. The standard InChI is InChI=1S/C14H18BrN/c15-13-7-2-1-6-11(13)12-9-14(12,16)8-10-4-3-5-10/h1-2,6-7,10,12H,3-5,8-9,16H2. The Morgan fingerprint density at radius 1 is 1.31 bits per heavy atom. The topological polar surface area (TPSA) is 26.0 Å². The van der Waals surface area contributed by atoms with Gasteiger partial charge in [0.05, 0.1) is 0 Å². The van der Waals surface area contributed by atoms with E-state index >= 15 is 0 Å². The fourth-order valence-electron chi connectivity index (χ4n) is 2.96. The van der Waals surface area contributed by atoms with Gasteiger partial charge in [-0.15, -0.1) is 0 Å². The van der Waals surface area contributed by atoms with Gasteiger partial charge in [0.2, 0.25) is 0 Å². The minimum absolute atomic E-state index is 0.106. The molecule has 2 atom stereocenters. The number of rotatable bonds is 3. The van der Waals surface area contributed by atoms with Crippen LogP contribution in [0.3, 0.4) is 0 Å². The minimum Gasteiger partial charge on any atom is -0.325 e. The lowest BCUT2D eigenvalue weighted by Gasteiger charge is -2.28. The van der Waals surface area contributed by atoms with Crippen LogP contribution in [0.1, 0.15) is 43.6 Å². The Balaban J connectivity index is 1.72. The molecule has 0 bridgehead atoms. The van der Waals surface area contributed by atoms with Crippen LogP contribution >= 0.6 is 15.9 Å². The number of benzene rings is 1. The van der Waals surface area contributed by atoms with Crippen molar-refractivity contribution in [2.45, 2.75) is 43.6 Å². The van der Waals surface area contributed by atoms with E-state index in [2.05, 4.69) is 40.2 Å². The van der Waals surface area contributed by atoms with Crippen molar-refractivity contribution >= 4 is 15.9 Å². The molecule has 2 fully saturated rings. The molecule has 0 aromatic heterocycles. The highest BCUT2D eigenvalue weighted by atomic mass is 79.9. The second-order valence-corrected chi connectivity index (χ2v) is 6.37. The number of halogens is 1. The molecule has 0 amide bonds. The van der Waals surface area contributed by atoms with E-state index in [4.69, 9.17) is 5.73 Å². The molecular weight excluding hydrogens is 262 g/mol. The van der Waals surface area contributed by atoms with Crippen molar-refractivity contribution in [3.8, 4) is 0 Å². The first kappa shape index (κ1) is 10.8. The van der Waals surface area contributed by atoms with E-state index in [1.807, 2.05) is 0 Å². The highest BCUT2D eigenvalue weighted by molar-refractivity contribution is 9.10. The van der Waals surface area contributed by atoms with Gasteiger partial charge < -0.3 is 5.73 Å². The van der Waals surface area contributed by atoms with E-state index in [0.29, 0.717) is 5.92 Å². The highest BCUT2D eigenvalue weighted by Gasteiger charge is 2.53. The zero-order chi connectivity index (χ0) is 11.2. The lowest BCUT2D eigenvalue weighted by molar-refractivity contribution is 0.267. The normalized spacial score (nSPS) is 33.5. The van der Waals surface area contributed by atoms with Gasteiger partial charge in [0.25, 0.3) is 0 Å². The maximum Gasteiger partial charge on any atom is 0.0234 e. The van der Waals surface area contributed by atoms with Gasteiger partial charge in [-0.3, -0.25) is 0 Å². The summed E-state index contributed by atoms with van der Waals surface area (Å²) in [4.78, 5) is 0. The van der Waals surface area contributed by atoms with Gasteiger partial charge >= 0.3 is 0 Å². The Morgan fingerprint density at radius 3 is 2.69 bits per heavy atom. The molecule has 2 aliphatic carbocycles. The van der Waals surface area contributed by atoms with E-state index < -0.39 is 0 Å². The molecule has 86 valence electrons. The van der Waals surface area contributed by atoms with Crippen molar-refractivity contribution in [2.24, 2.45) is 11.7 Å². The molecule has 0 radical (unpaired) electrons. The summed E-state index contributed by atoms with van der Waals surface area (Å²) in [5.74, 6) is 1.50. The largest absolute Gasteiger partial charge is 0.325 e. The lowest BCUT2D eigenvalue weighted by atomic mass is 9.79. The number of hydrogen-bond acceptors (Lipinski definition) is 1. The quantitative estimate of drug-likeness (QED) is 0.894. The molecule has 1 aromatic rings. The van der Waals surface area contributed by atoms with Crippen LogP contribution < -0.4 is 5.73 Å². The van der Waals surface area contributed by atoms with Crippen molar-refractivity contribution in [2.75, 3.05) is 0 Å². The van der Waals surface area contributed by atoms with Gasteiger partial charge in [-0.1, -0.05) is 53.4 Å². The third-order valence-corrected chi connectivity index (χ3v) is 5.01. The summed E-state index contributed by atoms with van der Waals surface area (Å²) in [6.07, 6.45) is 6.63. The molecule has 0 aliphatic heterocycles. The summed E-state index contributed by atoms with van der Waals surface area (Å²) in [6, 6.07) is 8.52. The predicted octanol–water partition coefficient (Wildman–Crippen LogP) is 3.82. The fraction of sp³-hybridized carbons (Fsp3) is 0.571. The summed E-state index contributed by atoms with van der Waals surface area (Å²) in [6.45, 7) is 0. The van der Waals surface area contributed by atoms with Crippen molar-refractivity contribution in [3.63, 3.8) is 0 Å². The molecule has 2 N–H and O–H groups in total. The van der Waals surface area contributed by atoms with Gasteiger partial charge in [0, 0.05) is 15.9 Å². The summed E-state index contributed by atoms with van der Waals surface area (Å²) < 4.78 is 1.22. The predicted molar refractivity (Wildman–Crippen MR) is 70.4 cm³/mol. The van der Waals surface area contributed by atoms with Crippen molar-refractivity contribution in [3.05, 3.63) is 34.3 Å². The minimum atomic E-state index is 0.106. The molecule has 0 saturated heterocycles. The molecular formula is C14H18BrN. The summed E-state index contributed by atoms with van der Waals surface area (Å²) >= 11 is 3.63. The molecule has 16 heavy (non-hydrogen) atoms. The van der Waals surface area contributed by atoms with Crippen LogP contribution in [0.15, 0.2) is 28.7 Å². The summed E-state index contributed by atoms with van der Waals surface area (Å²) in [5.41, 5.74) is 7.99. The Hall–Kier alpha value is -0.340. The smallest absolute Gasteiger partial charge is 0.0234 e. The zero-order valence-electron chi connectivity index (χ0n) is 9.45. The molecule has 1 aromatic carbocycles. The van der Waals surface area contributed by atoms with Gasteiger partial charge in [0.15, 0.2) is 0 Å². The average molecular weight is 280 g/mol. The molecule has 2 unspecified atom stereocenters. The molecule has 3 rings (SSSR count). The van der Waals surface area contributed by atoms with E-state index in [0.717, 1.165) is 5.92 Å². The van der Waals surface area contributed by atoms with E-state index in [9.17, 15) is 0 Å². The van der Waals surface area contributed by atoms with Crippen molar-refractivity contribution in [1.29, 1.82) is 0 Å². The maximum atomic E-state index is 6.48. The molecule has 0 spiro atoms. The van der Waals surface area contributed by atoms with Crippen LogP contribution in [0.5, 0.6) is 0 Å². The van der Waals surface area contributed by atoms with E-state index in [-0.39, 0.29) is 5.54 Å². The first-order valence-electron chi connectivity index (χ1n) is 6.22. The molecule has 0 heterocycles. The Bertz CT molecular complexity index is 399. The van der Waals surface area contributed by atoms with Crippen LogP contribution in [0.25, 0.3) is 0 Å². The average Bonchev–Trinajstić information content (AvgIpc) is 2.86. The van der Waals surface area contributed by atoms with Gasteiger partial charge in [-0.2, -0.15) is 0 Å². The van der Waals surface area contributed by atoms with Crippen LogP contribution in [-0.4, -0.2) is 5.54 Å². The Morgan fingerprint density at radius 2 is 2.06 bits per heavy atom. The van der Waals surface area contributed by atoms with Crippen LogP contribution in [-0.2, 0) is 0 Å². The SMILES string of the molecule is NC1(CC2CCC2)CC1c1ccccc1Br. The Kier molecular flexibility index (Phi) is 2.60. The monoisotopic (exact) mass is 279 g/mol. The van der Waals surface area contributed by atoms with E-state index in [1.165, 1.54) is 42.1 Å². The summed E-state index contributed by atoms with van der Waals surface area (Å²) in [7, 11) is 0. The number of hydrogen-bond donors (Lipinski definition) is 1. The van der Waals surface area contributed by atoms with Gasteiger partial charge in [0.1, 0.15) is 0 Å². The second-order valence-electron chi connectivity index (χ2n) is 5.51. The van der Waals surface area contributed by atoms with E-state index in [1.54, 1.807) is 0 Å². The first-order chi connectivity index (χ1) is 7.69. The maximum absolute atomic E-state index is 6.48. The van der Waals surface area contributed by atoms with Gasteiger partial charge in [-0.05, 0) is 30.4 Å². The number of nitrogens with two attached hydrogens (primary N) is 1. The highest BCUT2D eigenvalue weighted by Crippen LogP contribution is 2.56. The van der Waals surface area contributed by atoms with Crippen LogP contribution in [0.4, 0.5) is 0 Å². The van der Waals surface area contributed by atoms with Crippen molar-refractivity contribution in [1.82, 2.24) is 0 Å².